The molecular formula is C10H17N3O. The third-order valence-electron chi connectivity index (χ3n) is 2.55. The maximum absolute atomic E-state index is 5.70. The predicted octanol–water partition coefficient (Wildman–Crippen LogP) is 1.78. The van der Waals surface area contributed by atoms with E-state index in [1.54, 1.807) is 12.4 Å². The van der Waals surface area contributed by atoms with Crippen molar-refractivity contribution in [1.82, 2.24) is 9.97 Å². The van der Waals surface area contributed by atoms with Crippen LogP contribution in [0.25, 0.3) is 0 Å². The fraction of sp³-hybridized carbons (Fsp3) is 0.700. The third kappa shape index (κ3) is 2.73. The van der Waals surface area contributed by atoms with Crippen LogP contribution in [0, 0.1) is 0 Å². The molecule has 1 fully saturated rings. The topological polar surface area (TPSA) is 49.9 Å². The zero-order chi connectivity index (χ0) is 9.64. The largest absolute Gasteiger partial charge is 0.376 e. The van der Waals surface area contributed by atoms with E-state index in [0.29, 0.717) is 6.10 Å². The molecule has 0 radical (unpaired) electrons. The molecule has 2 rings (SSSR count). The lowest BCUT2D eigenvalue weighted by Gasteiger charge is -2.10. The molecular weight excluding hydrogens is 178 g/mol. The van der Waals surface area contributed by atoms with Gasteiger partial charge in [-0.05, 0) is 12.8 Å². The van der Waals surface area contributed by atoms with Crippen molar-refractivity contribution in [3.05, 3.63) is 12.4 Å². The molecule has 1 aliphatic rings. The van der Waals surface area contributed by atoms with E-state index in [-0.39, 0.29) is 0 Å². The molecule has 78 valence electrons. The number of anilines is 1. The van der Waals surface area contributed by atoms with Crippen molar-refractivity contribution in [3.8, 4) is 0 Å². The highest BCUT2D eigenvalue weighted by molar-refractivity contribution is 5.22. The molecule has 14 heavy (non-hydrogen) atoms. The molecule has 2 N–H and O–H groups in total. The van der Waals surface area contributed by atoms with Crippen molar-refractivity contribution in [2.45, 2.75) is 31.8 Å². The number of hydrogen-bond donors (Lipinski definition) is 2. The van der Waals surface area contributed by atoms with Crippen molar-refractivity contribution < 1.29 is 4.74 Å². The minimum Gasteiger partial charge on any atom is -0.376 e. The van der Waals surface area contributed by atoms with Gasteiger partial charge in [0.05, 0.1) is 12.7 Å². The van der Waals surface area contributed by atoms with Crippen LogP contribution in [0.1, 0.15) is 25.7 Å². The SMILES string of the molecule is c1c[nH]c(NCCOC2CCCC2)n1. The summed E-state index contributed by atoms with van der Waals surface area (Å²) in [6.45, 7) is 1.59. The fourth-order valence-electron chi connectivity index (χ4n) is 1.81. The van der Waals surface area contributed by atoms with Gasteiger partial charge < -0.3 is 15.0 Å². The van der Waals surface area contributed by atoms with Gasteiger partial charge in [-0.15, -0.1) is 0 Å². The number of hydrogen-bond acceptors (Lipinski definition) is 3. The lowest BCUT2D eigenvalue weighted by Crippen LogP contribution is -2.15. The average Bonchev–Trinajstić information content (AvgIpc) is 2.86. The van der Waals surface area contributed by atoms with Crippen molar-refractivity contribution in [2.75, 3.05) is 18.5 Å². The number of H-pyrrole nitrogens is 1. The van der Waals surface area contributed by atoms with Crippen molar-refractivity contribution in [2.24, 2.45) is 0 Å². The Balaban J connectivity index is 1.55. The number of aromatic nitrogens is 2. The van der Waals surface area contributed by atoms with Crippen LogP contribution in [-0.2, 0) is 4.74 Å². The van der Waals surface area contributed by atoms with Gasteiger partial charge in [0.1, 0.15) is 0 Å². The van der Waals surface area contributed by atoms with Gasteiger partial charge in [0.25, 0.3) is 0 Å². The Labute approximate surface area is 84.1 Å². The summed E-state index contributed by atoms with van der Waals surface area (Å²) >= 11 is 0. The van der Waals surface area contributed by atoms with Gasteiger partial charge in [-0.2, -0.15) is 0 Å². The van der Waals surface area contributed by atoms with Gasteiger partial charge in [-0.3, -0.25) is 0 Å². The van der Waals surface area contributed by atoms with E-state index in [2.05, 4.69) is 15.3 Å². The van der Waals surface area contributed by atoms with Crippen LogP contribution in [0.4, 0.5) is 5.95 Å². The molecule has 1 aromatic rings. The zero-order valence-electron chi connectivity index (χ0n) is 8.33. The first-order chi connectivity index (χ1) is 6.95. The quantitative estimate of drug-likeness (QED) is 0.704. The molecule has 4 heteroatoms. The normalized spacial score (nSPS) is 17.4. The summed E-state index contributed by atoms with van der Waals surface area (Å²) < 4.78 is 5.70. The van der Waals surface area contributed by atoms with E-state index < -0.39 is 0 Å². The fourth-order valence-corrected chi connectivity index (χ4v) is 1.81. The number of nitrogens with one attached hydrogen (secondary N) is 2. The summed E-state index contributed by atoms with van der Waals surface area (Å²) in [6.07, 6.45) is 9.18. The summed E-state index contributed by atoms with van der Waals surface area (Å²) in [5, 5.41) is 3.16. The van der Waals surface area contributed by atoms with Gasteiger partial charge in [0, 0.05) is 18.9 Å². The average molecular weight is 195 g/mol. The summed E-state index contributed by atoms with van der Waals surface area (Å²) in [5.41, 5.74) is 0. The maximum Gasteiger partial charge on any atom is 0.200 e. The molecule has 1 aromatic heterocycles. The predicted molar refractivity (Wildman–Crippen MR) is 55.3 cm³/mol. The second kappa shape index (κ2) is 5.00. The zero-order valence-corrected chi connectivity index (χ0v) is 8.33. The molecule has 0 unspecified atom stereocenters. The highest BCUT2D eigenvalue weighted by atomic mass is 16.5. The van der Waals surface area contributed by atoms with Crippen LogP contribution in [0.3, 0.4) is 0 Å². The minimum atomic E-state index is 0.508. The van der Waals surface area contributed by atoms with Gasteiger partial charge in [0.2, 0.25) is 0 Å². The first-order valence-electron chi connectivity index (χ1n) is 5.30. The number of ether oxygens (including phenoxy) is 1. The van der Waals surface area contributed by atoms with Gasteiger partial charge >= 0.3 is 0 Å². The lowest BCUT2D eigenvalue weighted by atomic mass is 10.3. The Morgan fingerprint density at radius 1 is 1.50 bits per heavy atom. The van der Waals surface area contributed by atoms with E-state index in [1.165, 1.54) is 25.7 Å². The number of aromatic amines is 1. The Morgan fingerprint density at radius 2 is 2.36 bits per heavy atom. The van der Waals surface area contributed by atoms with E-state index in [9.17, 15) is 0 Å². The Hall–Kier alpha value is -1.03. The highest BCUT2D eigenvalue weighted by Crippen LogP contribution is 2.20. The van der Waals surface area contributed by atoms with Crippen molar-refractivity contribution >= 4 is 5.95 Å². The summed E-state index contributed by atoms with van der Waals surface area (Å²) in [7, 11) is 0. The van der Waals surface area contributed by atoms with E-state index in [1.807, 2.05) is 0 Å². The standard InChI is InChI=1S/C10H17N3O/c1-2-4-9(3-1)14-8-7-13-10-11-5-6-12-10/h5-6,9H,1-4,7-8H2,(H2,11,12,13). The van der Waals surface area contributed by atoms with Crippen LogP contribution < -0.4 is 5.32 Å². The second-order valence-electron chi connectivity index (χ2n) is 3.64. The molecule has 0 aliphatic heterocycles. The smallest absolute Gasteiger partial charge is 0.200 e. The first kappa shape index (κ1) is 9.52. The van der Waals surface area contributed by atoms with Crippen LogP contribution in [0.15, 0.2) is 12.4 Å². The molecule has 4 nitrogen and oxygen atoms in total. The van der Waals surface area contributed by atoms with Gasteiger partial charge in [0.15, 0.2) is 5.95 Å². The Morgan fingerprint density at radius 3 is 3.07 bits per heavy atom. The third-order valence-corrected chi connectivity index (χ3v) is 2.55. The maximum atomic E-state index is 5.70. The molecule has 0 atom stereocenters. The number of imidazole rings is 1. The minimum absolute atomic E-state index is 0.508. The van der Waals surface area contributed by atoms with Crippen LogP contribution in [0.5, 0.6) is 0 Å². The number of nitrogens with zero attached hydrogens (tertiary/aromatic N) is 1. The molecule has 1 heterocycles. The summed E-state index contributed by atoms with van der Waals surface area (Å²) in [6, 6.07) is 0. The molecule has 0 spiro atoms. The molecule has 0 amide bonds. The molecule has 0 bridgehead atoms. The summed E-state index contributed by atoms with van der Waals surface area (Å²) in [4.78, 5) is 7.05. The van der Waals surface area contributed by atoms with E-state index in [4.69, 9.17) is 4.74 Å². The van der Waals surface area contributed by atoms with Crippen molar-refractivity contribution in [3.63, 3.8) is 0 Å². The lowest BCUT2D eigenvalue weighted by molar-refractivity contribution is 0.0658. The Bertz CT molecular complexity index is 242. The van der Waals surface area contributed by atoms with Gasteiger partial charge in [-0.25, -0.2) is 4.98 Å². The van der Waals surface area contributed by atoms with E-state index in [0.717, 1.165) is 19.1 Å². The monoisotopic (exact) mass is 195 g/mol. The van der Waals surface area contributed by atoms with Crippen LogP contribution in [0.2, 0.25) is 0 Å². The second-order valence-corrected chi connectivity index (χ2v) is 3.64. The van der Waals surface area contributed by atoms with E-state index >= 15 is 0 Å². The molecule has 0 aromatic carbocycles. The van der Waals surface area contributed by atoms with Gasteiger partial charge in [-0.1, -0.05) is 12.8 Å². The first-order valence-corrected chi connectivity index (χ1v) is 5.30. The molecule has 0 saturated heterocycles. The van der Waals surface area contributed by atoms with Crippen LogP contribution in [-0.4, -0.2) is 29.2 Å². The number of rotatable bonds is 5. The molecule has 1 saturated carbocycles. The highest BCUT2D eigenvalue weighted by Gasteiger charge is 2.14. The van der Waals surface area contributed by atoms with Crippen molar-refractivity contribution in [1.29, 1.82) is 0 Å². The Kier molecular flexibility index (Phi) is 3.40. The molecule has 1 aliphatic carbocycles. The summed E-state index contributed by atoms with van der Waals surface area (Å²) in [5.74, 6) is 0.819. The van der Waals surface area contributed by atoms with Crippen LogP contribution >= 0.6 is 0 Å².